The Balaban J connectivity index is 0.00000208. The summed E-state index contributed by atoms with van der Waals surface area (Å²) >= 11 is 1.74. The number of nitrogens with zero attached hydrogens (tertiary/aromatic N) is 1. The third kappa shape index (κ3) is 3.93. The molecule has 2 nitrogen and oxygen atoms in total. The topological polar surface area (TPSA) is 20.3 Å². The summed E-state index contributed by atoms with van der Waals surface area (Å²) in [7, 11) is 0. The number of ketones is 1. The number of Topliss-reactive ketones (excluding diaryl/α,β-unsaturated/α-hetero) is 1. The predicted octanol–water partition coefficient (Wildman–Crippen LogP) is 5.38. The van der Waals surface area contributed by atoms with Crippen LogP contribution in [0.1, 0.15) is 32.6 Å². The van der Waals surface area contributed by atoms with Crippen molar-refractivity contribution in [2.45, 2.75) is 20.8 Å². The average Bonchev–Trinajstić information content (AvgIpc) is 2.95. The quantitative estimate of drug-likeness (QED) is 0.639. The second kappa shape index (κ2) is 8.04. The maximum Gasteiger partial charge on any atom is 0.182 e. The molecule has 0 saturated carbocycles. The summed E-state index contributed by atoms with van der Waals surface area (Å²) in [6, 6.07) is 14.5. The Kier molecular flexibility index (Phi) is 6.30. The molecular formula is C20H22BrNOS. The number of benzene rings is 2. The average molecular weight is 404 g/mol. The maximum atomic E-state index is 12.9. The van der Waals surface area contributed by atoms with Gasteiger partial charge in [-0.3, -0.25) is 4.79 Å². The molecule has 0 N–H and O–H groups in total. The number of halogens is 1. The second-order valence-corrected chi connectivity index (χ2v) is 6.89. The summed E-state index contributed by atoms with van der Waals surface area (Å²) in [6.07, 6.45) is 0. The van der Waals surface area contributed by atoms with Gasteiger partial charge in [-0.2, -0.15) is 0 Å². The van der Waals surface area contributed by atoms with Crippen LogP contribution in [0.4, 0.5) is 0 Å². The van der Waals surface area contributed by atoms with Gasteiger partial charge in [-0.05, 0) is 42.9 Å². The van der Waals surface area contributed by atoms with E-state index in [1.54, 1.807) is 11.8 Å². The number of hydrogen-bond acceptors (Lipinski definition) is 3. The highest BCUT2D eigenvalue weighted by Gasteiger charge is 2.22. The van der Waals surface area contributed by atoms with E-state index in [4.69, 9.17) is 0 Å². The summed E-state index contributed by atoms with van der Waals surface area (Å²) < 4.78 is 0. The first kappa shape index (κ1) is 18.8. The third-order valence-corrected chi connectivity index (χ3v) is 4.98. The lowest BCUT2D eigenvalue weighted by Crippen LogP contribution is -2.27. The van der Waals surface area contributed by atoms with Gasteiger partial charge in [-0.1, -0.05) is 48.0 Å². The fourth-order valence-electron chi connectivity index (χ4n) is 3.21. The molecule has 1 aliphatic rings. The molecule has 0 aliphatic carbocycles. The number of hydrogen-bond donors (Lipinski definition) is 0. The highest BCUT2D eigenvalue weighted by molar-refractivity contribution is 8.93. The zero-order chi connectivity index (χ0) is 16.4. The number of carbonyl (C=O) groups excluding carboxylic acids is 1. The minimum Gasteiger partial charge on any atom is -0.353 e. The van der Waals surface area contributed by atoms with E-state index in [2.05, 4.69) is 41.5 Å². The van der Waals surface area contributed by atoms with Gasteiger partial charge in [0, 0.05) is 5.56 Å². The van der Waals surface area contributed by atoms with Gasteiger partial charge < -0.3 is 4.90 Å². The van der Waals surface area contributed by atoms with E-state index in [0.29, 0.717) is 6.54 Å². The molecule has 3 rings (SSSR count). The monoisotopic (exact) mass is 403 g/mol. The number of thioether (sulfide) groups is 1. The number of carbonyl (C=O) groups is 1. The van der Waals surface area contributed by atoms with Crippen molar-refractivity contribution in [1.82, 2.24) is 4.90 Å². The zero-order valence-corrected chi connectivity index (χ0v) is 16.7. The highest BCUT2D eigenvalue weighted by atomic mass is 79.9. The zero-order valence-electron chi connectivity index (χ0n) is 14.2. The lowest BCUT2D eigenvalue weighted by Gasteiger charge is -2.22. The summed E-state index contributed by atoms with van der Waals surface area (Å²) in [5.74, 6) is 1.03. The molecule has 0 atom stereocenters. The van der Waals surface area contributed by atoms with E-state index < -0.39 is 0 Å². The van der Waals surface area contributed by atoms with Crippen molar-refractivity contribution in [2.24, 2.45) is 0 Å². The van der Waals surface area contributed by atoms with Gasteiger partial charge in [-0.25, -0.2) is 0 Å². The van der Waals surface area contributed by atoms with Crippen molar-refractivity contribution in [1.29, 1.82) is 0 Å². The lowest BCUT2D eigenvalue weighted by atomic mass is 9.96. The molecule has 0 radical (unpaired) electrons. The molecule has 126 valence electrons. The van der Waals surface area contributed by atoms with Crippen LogP contribution in [-0.2, 0) is 0 Å². The van der Waals surface area contributed by atoms with Crippen molar-refractivity contribution in [2.75, 3.05) is 12.4 Å². The minimum absolute atomic E-state index is 0. The number of aryl methyl sites for hydroxylation is 3. The van der Waals surface area contributed by atoms with E-state index in [1.807, 2.05) is 32.0 Å². The molecule has 24 heavy (non-hydrogen) atoms. The normalized spacial score (nSPS) is 13.5. The Bertz CT molecular complexity index is 747. The first-order valence-corrected chi connectivity index (χ1v) is 8.84. The molecule has 0 unspecified atom stereocenters. The molecule has 0 saturated heterocycles. The molecule has 0 fully saturated rings. The van der Waals surface area contributed by atoms with Crippen LogP contribution >= 0.6 is 28.7 Å². The molecule has 2 aromatic rings. The Morgan fingerprint density at radius 3 is 2.33 bits per heavy atom. The van der Waals surface area contributed by atoms with Crippen molar-refractivity contribution in [3.63, 3.8) is 0 Å². The van der Waals surface area contributed by atoms with Gasteiger partial charge in [0.25, 0.3) is 0 Å². The van der Waals surface area contributed by atoms with E-state index in [1.165, 1.54) is 11.1 Å². The standard InChI is InChI=1S/C20H21NOS.BrH/c1-14-9-15(2)20(16(3)10-14)19(22)11-21-13-23-12-18(21)17-7-5-4-6-8-17;/h4-10,12H,11,13H2,1-3H3;1H. The van der Waals surface area contributed by atoms with Crippen LogP contribution in [0.2, 0.25) is 0 Å². The first-order valence-electron chi connectivity index (χ1n) is 7.79. The van der Waals surface area contributed by atoms with Crippen LogP contribution in [0.25, 0.3) is 5.70 Å². The van der Waals surface area contributed by atoms with Crippen LogP contribution in [0, 0.1) is 20.8 Å². The molecular weight excluding hydrogens is 382 g/mol. The van der Waals surface area contributed by atoms with E-state index in [0.717, 1.165) is 28.3 Å². The summed E-state index contributed by atoms with van der Waals surface area (Å²) in [4.78, 5) is 15.0. The van der Waals surface area contributed by atoms with Crippen LogP contribution in [0.3, 0.4) is 0 Å². The van der Waals surface area contributed by atoms with Crippen LogP contribution < -0.4 is 0 Å². The molecule has 4 heteroatoms. The number of rotatable bonds is 4. The summed E-state index contributed by atoms with van der Waals surface area (Å²) in [6.45, 7) is 6.56. The predicted molar refractivity (Wildman–Crippen MR) is 109 cm³/mol. The highest BCUT2D eigenvalue weighted by Crippen LogP contribution is 2.31. The van der Waals surface area contributed by atoms with Gasteiger partial charge in [0.05, 0.1) is 18.1 Å². The molecule has 1 aliphatic heterocycles. The van der Waals surface area contributed by atoms with Crippen LogP contribution in [-0.4, -0.2) is 23.1 Å². The SMILES string of the molecule is Br.Cc1cc(C)c(C(=O)CN2CSC=C2c2ccccc2)c(C)c1. The fourth-order valence-corrected chi connectivity index (χ4v) is 4.14. The fraction of sp³-hybridized carbons (Fsp3) is 0.250. The Morgan fingerprint density at radius 1 is 1.08 bits per heavy atom. The molecule has 0 aromatic heterocycles. The molecule has 1 heterocycles. The minimum atomic E-state index is 0. The Labute approximate surface area is 158 Å². The lowest BCUT2D eigenvalue weighted by molar-refractivity contribution is 0.0965. The van der Waals surface area contributed by atoms with Gasteiger partial charge in [0.15, 0.2) is 5.78 Å². The van der Waals surface area contributed by atoms with Gasteiger partial charge in [0.2, 0.25) is 0 Å². The third-order valence-electron chi connectivity index (χ3n) is 4.13. The van der Waals surface area contributed by atoms with Crippen LogP contribution in [0.5, 0.6) is 0 Å². The Hall–Kier alpha value is -1.52. The molecule has 0 spiro atoms. The van der Waals surface area contributed by atoms with Crippen molar-refractivity contribution < 1.29 is 4.79 Å². The molecule has 0 amide bonds. The van der Waals surface area contributed by atoms with E-state index >= 15 is 0 Å². The first-order chi connectivity index (χ1) is 11.1. The van der Waals surface area contributed by atoms with Crippen molar-refractivity contribution >= 4 is 40.2 Å². The molecule has 0 bridgehead atoms. The molecule has 2 aromatic carbocycles. The van der Waals surface area contributed by atoms with E-state index in [9.17, 15) is 4.79 Å². The Morgan fingerprint density at radius 2 is 1.71 bits per heavy atom. The van der Waals surface area contributed by atoms with Gasteiger partial charge in [-0.15, -0.1) is 28.7 Å². The largest absolute Gasteiger partial charge is 0.353 e. The van der Waals surface area contributed by atoms with E-state index in [-0.39, 0.29) is 22.8 Å². The van der Waals surface area contributed by atoms with Crippen molar-refractivity contribution in [3.8, 4) is 0 Å². The summed E-state index contributed by atoms with van der Waals surface area (Å²) in [5, 5.41) is 2.15. The summed E-state index contributed by atoms with van der Waals surface area (Å²) in [5.41, 5.74) is 6.54. The van der Waals surface area contributed by atoms with Crippen molar-refractivity contribution in [3.05, 3.63) is 75.7 Å². The van der Waals surface area contributed by atoms with Gasteiger partial charge in [0.1, 0.15) is 0 Å². The maximum absolute atomic E-state index is 12.9. The second-order valence-electron chi connectivity index (χ2n) is 6.06. The van der Waals surface area contributed by atoms with Gasteiger partial charge >= 0.3 is 0 Å². The smallest absolute Gasteiger partial charge is 0.182 e. The van der Waals surface area contributed by atoms with Crippen LogP contribution in [0.15, 0.2) is 47.9 Å².